The summed E-state index contributed by atoms with van der Waals surface area (Å²) in [7, 11) is 0. The van der Waals surface area contributed by atoms with Crippen molar-refractivity contribution in [2.45, 2.75) is 19.1 Å². The van der Waals surface area contributed by atoms with E-state index in [-0.39, 0.29) is 43.3 Å². The maximum atomic E-state index is 12.6. The molecule has 0 saturated heterocycles. The Morgan fingerprint density at radius 3 is 2.48 bits per heavy atom. The van der Waals surface area contributed by atoms with Gasteiger partial charge in [0.15, 0.2) is 5.96 Å². The molecule has 1 aromatic carbocycles. The lowest BCUT2D eigenvalue weighted by atomic mass is 10.1. The number of nitrogens with two attached hydrogens (primary N) is 2. The highest BCUT2D eigenvalue weighted by Gasteiger charge is 2.30. The highest BCUT2D eigenvalue weighted by atomic mass is 35.5. The summed E-state index contributed by atoms with van der Waals surface area (Å²) in [4.78, 5) is 9.79. The lowest BCUT2D eigenvalue weighted by molar-refractivity contribution is -0.137. The van der Waals surface area contributed by atoms with Crippen molar-refractivity contribution < 1.29 is 13.2 Å². The van der Waals surface area contributed by atoms with Crippen molar-refractivity contribution in [2.24, 2.45) is 21.5 Å². The first-order chi connectivity index (χ1) is 10.9. The van der Waals surface area contributed by atoms with Crippen LogP contribution in [-0.2, 0) is 12.7 Å². The summed E-state index contributed by atoms with van der Waals surface area (Å²) in [6.07, 6.45) is 0.518. The smallest absolute Gasteiger partial charge is 0.369 e. The summed E-state index contributed by atoms with van der Waals surface area (Å²) in [6, 6.07) is 4.94. The second kappa shape index (κ2) is 10.1. The van der Waals surface area contributed by atoms with Crippen molar-refractivity contribution >= 4 is 36.7 Å². The Bertz CT molecular complexity index is 644. The van der Waals surface area contributed by atoms with Crippen LogP contribution < -0.4 is 11.5 Å². The number of guanidine groups is 2. The fourth-order valence-corrected chi connectivity index (χ4v) is 2.09. The molecule has 0 radical (unpaired) electrons. The van der Waals surface area contributed by atoms with E-state index in [0.717, 1.165) is 25.1 Å². The number of aliphatic imine (C=N–C) groups is 2. The summed E-state index contributed by atoms with van der Waals surface area (Å²) in [6.45, 7) is 1.40. The largest absolute Gasteiger partial charge is 0.416 e. The highest BCUT2D eigenvalue weighted by molar-refractivity contribution is 5.93. The minimum absolute atomic E-state index is 0. The SMILES string of the molecule is Cl.Cl.NC(=NCc1cccc(C(F)(F)F)c1)/N=C(/N)N1CC=CCC1. The van der Waals surface area contributed by atoms with E-state index in [0.29, 0.717) is 12.1 Å². The molecular formula is C15H20Cl2F3N5. The molecule has 0 fully saturated rings. The van der Waals surface area contributed by atoms with E-state index >= 15 is 0 Å². The van der Waals surface area contributed by atoms with E-state index < -0.39 is 11.7 Å². The normalized spacial score (nSPS) is 15.4. The van der Waals surface area contributed by atoms with Gasteiger partial charge in [0.05, 0.1) is 12.1 Å². The number of benzene rings is 1. The quantitative estimate of drug-likeness (QED) is 0.457. The molecule has 25 heavy (non-hydrogen) atoms. The van der Waals surface area contributed by atoms with E-state index in [1.165, 1.54) is 6.07 Å². The molecule has 0 amide bonds. The Hall–Kier alpha value is -1.93. The van der Waals surface area contributed by atoms with Gasteiger partial charge in [-0.3, -0.25) is 0 Å². The molecule has 5 nitrogen and oxygen atoms in total. The van der Waals surface area contributed by atoms with Gasteiger partial charge in [-0.05, 0) is 24.1 Å². The van der Waals surface area contributed by atoms with Gasteiger partial charge < -0.3 is 16.4 Å². The van der Waals surface area contributed by atoms with Crippen molar-refractivity contribution in [1.29, 1.82) is 0 Å². The molecule has 4 N–H and O–H groups in total. The van der Waals surface area contributed by atoms with E-state index in [9.17, 15) is 13.2 Å². The number of alkyl halides is 3. The molecule has 0 aliphatic carbocycles. The van der Waals surface area contributed by atoms with Crippen molar-refractivity contribution in [3.63, 3.8) is 0 Å². The van der Waals surface area contributed by atoms with Gasteiger partial charge in [0.2, 0.25) is 5.96 Å². The second-order valence-electron chi connectivity index (χ2n) is 5.05. The summed E-state index contributed by atoms with van der Waals surface area (Å²) >= 11 is 0. The summed E-state index contributed by atoms with van der Waals surface area (Å²) in [5.74, 6) is 0.189. The maximum Gasteiger partial charge on any atom is 0.416 e. The second-order valence-corrected chi connectivity index (χ2v) is 5.05. The summed E-state index contributed by atoms with van der Waals surface area (Å²) < 4.78 is 37.9. The zero-order valence-electron chi connectivity index (χ0n) is 13.2. The van der Waals surface area contributed by atoms with Crippen LogP contribution in [0.15, 0.2) is 46.4 Å². The third-order valence-corrected chi connectivity index (χ3v) is 3.29. The molecule has 1 aliphatic rings. The Kier molecular flexibility index (Phi) is 9.37. The molecule has 0 saturated carbocycles. The van der Waals surface area contributed by atoms with Crippen LogP contribution in [-0.4, -0.2) is 29.9 Å². The van der Waals surface area contributed by atoms with Gasteiger partial charge in [-0.1, -0.05) is 24.3 Å². The average Bonchev–Trinajstić information content (AvgIpc) is 2.53. The third-order valence-electron chi connectivity index (χ3n) is 3.29. The van der Waals surface area contributed by atoms with Crippen molar-refractivity contribution in [3.8, 4) is 0 Å². The fourth-order valence-electron chi connectivity index (χ4n) is 2.09. The zero-order chi connectivity index (χ0) is 16.9. The average molecular weight is 398 g/mol. The molecule has 1 heterocycles. The van der Waals surface area contributed by atoms with Gasteiger partial charge in [-0.15, -0.1) is 24.8 Å². The van der Waals surface area contributed by atoms with Crippen LogP contribution in [0.2, 0.25) is 0 Å². The standard InChI is InChI=1S/C15H18F3N5.2ClH/c16-15(17,18)12-6-4-5-11(9-12)10-21-13(19)22-14(20)23-7-2-1-3-8-23;;/h1-2,4-6,9H,3,7-8,10H2,(H4,19,20,21,22);2*1H. The molecular weight excluding hydrogens is 378 g/mol. The molecule has 0 aromatic heterocycles. The lowest BCUT2D eigenvalue weighted by Crippen LogP contribution is -2.40. The molecule has 0 unspecified atom stereocenters. The summed E-state index contributed by atoms with van der Waals surface area (Å²) in [5, 5.41) is 0. The van der Waals surface area contributed by atoms with Crippen LogP contribution in [0.5, 0.6) is 0 Å². The van der Waals surface area contributed by atoms with E-state index in [4.69, 9.17) is 11.5 Å². The van der Waals surface area contributed by atoms with Crippen LogP contribution >= 0.6 is 24.8 Å². The number of nitrogens with zero attached hydrogens (tertiary/aromatic N) is 3. The van der Waals surface area contributed by atoms with Gasteiger partial charge in [0.1, 0.15) is 0 Å². The van der Waals surface area contributed by atoms with Crippen LogP contribution in [0, 0.1) is 0 Å². The van der Waals surface area contributed by atoms with Crippen LogP contribution in [0.3, 0.4) is 0 Å². The highest BCUT2D eigenvalue weighted by Crippen LogP contribution is 2.29. The zero-order valence-corrected chi connectivity index (χ0v) is 14.9. The van der Waals surface area contributed by atoms with E-state index in [2.05, 4.69) is 16.1 Å². The predicted octanol–water partition coefficient (Wildman–Crippen LogP) is 2.94. The van der Waals surface area contributed by atoms with Crippen LogP contribution in [0.25, 0.3) is 0 Å². The fraction of sp³-hybridized carbons (Fsp3) is 0.333. The van der Waals surface area contributed by atoms with Crippen LogP contribution in [0.4, 0.5) is 13.2 Å². The number of hydrogen-bond acceptors (Lipinski definition) is 1. The first kappa shape index (κ1) is 23.1. The van der Waals surface area contributed by atoms with E-state index in [1.807, 2.05) is 11.0 Å². The molecule has 140 valence electrons. The molecule has 1 aliphatic heterocycles. The van der Waals surface area contributed by atoms with Gasteiger partial charge >= 0.3 is 6.18 Å². The Morgan fingerprint density at radius 2 is 1.88 bits per heavy atom. The Morgan fingerprint density at radius 1 is 1.16 bits per heavy atom. The number of rotatable bonds is 2. The third kappa shape index (κ3) is 7.23. The molecule has 0 bridgehead atoms. The van der Waals surface area contributed by atoms with Gasteiger partial charge in [0, 0.05) is 13.1 Å². The minimum atomic E-state index is -4.38. The minimum Gasteiger partial charge on any atom is -0.369 e. The lowest BCUT2D eigenvalue weighted by Gasteiger charge is -2.23. The molecule has 1 aromatic rings. The van der Waals surface area contributed by atoms with Crippen molar-refractivity contribution in [1.82, 2.24) is 4.90 Å². The topological polar surface area (TPSA) is 80.0 Å². The van der Waals surface area contributed by atoms with Gasteiger partial charge in [-0.2, -0.15) is 18.2 Å². The Labute approximate surface area is 156 Å². The molecule has 2 rings (SSSR count). The molecule has 10 heteroatoms. The van der Waals surface area contributed by atoms with Crippen molar-refractivity contribution in [3.05, 3.63) is 47.5 Å². The molecule has 0 spiro atoms. The monoisotopic (exact) mass is 397 g/mol. The predicted molar refractivity (Wildman–Crippen MR) is 98.2 cm³/mol. The van der Waals surface area contributed by atoms with E-state index in [1.54, 1.807) is 6.07 Å². The first-order valence-corrected chi connectivity index (χ1v) is 7.06. The number of hydrogen-bond donors (Lipinski definition) is 2. The summed E-state index contributed by atoms with van der Waals surface area (Å²) in [5.41, 5.74) is 11.2. The van der Waals surface area contributed by atoms with Crippen molar-refractivity contribution in [2.75, 3.05) is 13.1 Å². The van der Waals surface area contributed by atoms with Crippen LogP contribution in [0.1, 0.15) is 17.5 Å². The number of halogens is 5. The Balaban J connectivity index is 0.00000288. The molecule has 0 atom stereocenters. The van der Waals surface area contributed by atoms with Gasteiger partial charge in [0.25, 0.3) is 0 Å². The van der Waals surface area contributed by atoms with Gasteiger partial charge in [-0.25, -0.2) is 4.99 Å². The maximum absolute atomic E-state index is 12.6. The first-order valence-electron chi connectivity index (χ1n) is 7.06.